The fourth-order valence-corrected chi connectivity index (χ4v) is 3.78. The summed E-state index contributed by atoms with van der Waals surface area (Å²) in [5.41, 5.74) is 4.10. The Bertz CT molecular complexity index is 712. The normalized spacial score (nSPS) is 16.1. The molecule has 0 saturated heterocycles. The highest BCUT2D eigenvalue weighted by molar-refractivity contribution is 5.96. The summed E-state index contributed by atoms with van der Waals surface area (Å²) >= 11 is 0. The van der Waals surface area contributed by atoms with Gasteiger partial charge in [0.15, 0.2) is 0 Å². The lowest BCUT2D eigenvalue weighted by molar-refractivity contribution is 0.530. The molecule has 2 nitrogen and oxygen atoms in total. The second-order valence-corrected chi connectivity index (χ2v) is 7.12. The van der Waals surface area contributed by atoms with Crippen LogP contribution in [0.5, 0.6) is 0 Å². The lowest BCUT2D eigenvalue weighted by Gasteiger charge is -2.29. The first-order chi connectivity index (χ1) is 12.3. The fraction of sp³-hybridized carbons (Fsp3) is 0.478. The van der Waals surface area contributed by atoms with Gasteiger partial charge in [0.05, 0.1) is 6.04 Å². The number of nitrogens with one attached hydrogen (secondary N) is 2. The topological polar surface area (TPSA) is 24.1 Å². The molecule has 2 aromatic rings. The molecule has 1 aliphatic carbocycles. The van der Waals surface area contributed by atoms with Gasteiger partial charge in [-0.25, -0.2) is 0 Å². The van der Waals surface area contributed by atoms with Crippen molar-refractivity contribution in [1.82, 2.24) is 10.6 Å². The summed E-state index contributed by atoms with van der Waals surface area (Å²) < 4.78 is 0. The summed E-state index contributed by atoms with van der Waals surface area (Å²) in [5, 5.41) is 10.3. The Morgan fingerprint density at radius 1 is 0.840 bits per heavy atom. The molecule has 25 heavy (non-hydrogen) atoms. The summed E-state index contributed by atoms with van der Waals surface area (Å²) in [6.45, 7) is 6.66. The molecule has 2 N–H and O–H groups in total. The Hall–Kier alpha value is -1.80. The standard InChI is InChI=1S/C23H32N2/c1-3-5-7-15-24-21-17-19-13-9-11-18-12-10-14-20(22(18)19)23(21)25-16-8-6-4-2/h9-14,17,23-25H,3-8,15-16H2,1-2H3. The van der Waals surface area contributed by atoms with Gasteiger partial charge in [0.25, 0.3) is 0 Å². The minimum Gasteiger partial charge on any atom is -0.387 e. The number of hydrogen-bond donors (Lipinski definition) is 2. The molecule has 0 aliphatic heterocycles. The molecule has 0 spiro atoms. The highest BCUT2D eigenvalue weighted by Crippen LogP contribution is 2.36. The predicted molar refractivity (Wildman–Crippen MR) is 110 cm³/mol. The van der Waals surface area contributed by atoms with E-state index in [1.54, 1.807) is 0 Å². The van der Waals surface area contributed by atoms with Gasteiger partial charge in [0.2, 0.25) is 0 Å². The molecule has 1 unspecified atom stereocenters. The molecule has 3 rings (SSSR count). The fourth-order valence-electron chi connectivity index (χ4n) is 3.78. The maximum Gasteiger partial charge on any atom is 0.0732 e. The zero-order chi connectivity index (χ0) is 17.5. The molecule has 0 radical (unpaired) electrons. The molecule has 1 aliphatic rings. The van der Waals surface area contributed by atoms with Crippen LogP contribution in [0.1, 0.15) is 69.5 Å². The first-order valence-corrected chi connectivity index (χ1v) is 10.1. The monoisotopic (exact) mass is 336 g/mol. The Morgan fingerprint density at radius 3 is 2.32 bits per heavy atom. The molecule has 0 aromatic heterocycles. The van der Waals surface area contributed by atoms with E-state index in [1.165, 1.54) is 66.1 Å². The van der Waals surface area contributed by atoms with Gasteiger partial charge in [-0.15, -0.1) is 0 Å². The molecule has 0 saturated carbocycles. The number of rotatable bonds is 10. The number of hydrogen-bond acceptors (Lipinski definition) is 2. The van der Waals surface area contributed by atoms with Crippen molar-refractivity contribution in [2.45, 2.75) is 58.4 Å². The van der Waals surface area contributed by atoms with Gasteiger partial charge in [-0.2, -0.15) is 0 Å². The van der Waals surface area contributed by atoms with Crippen LogP contribution >= 0.6 is 0 Å². The van der Waals surface area contributed by atoms with Gasteiger partial charge >= 0.3 is 0 Å². The Morgan fingerprint density at radius 2 is 1.56 bits per heavy atom. The quantitative estimate of drug-likeness (QED) is 0.536. The zero-order valence-corrected chi connectivity index (χ0v) is 15.8. The van der Waals surface area contributed by atoms with Crippen LogP contribution in [0.2, 0.25) is 0 Å². The SMILES string of the molecule is CCCCCNC1=Cc2cccc3cccc(c23)C1NCCCCC. The summed E-state index contributed by atoms with van der Waals surface area (Å²) in [7, 11) is 0. The first kappa shape index (κ1) is 18.0. The van der Waals surface area contributed by atoms with Crippen LogP contribution in [-0.4, -0.2) is 13.1 Å². The van der Waals surface area contributed by atoms with Crippen molar-refractivity contribution in [2.75, 3.05) is 13.1 Å². The highest BCUT2D eigenvalue weighted by atomic mass is 15.0. The van der Waals surface area contributed by atoms with Crippen molar-refractivity contribution < 1.29 is 0 Å². The maximum absolute atomic E-state index is 3.82. The van der Waals surface area contributed by atoms with Crippen LogP contribution in [0.15, 0.2) is 42.1 Å². The van der Waals surface area contributed by atoms with Crippen LogP contribution in [0.25, 0.3) is 16.8 Å². The maximum atomic E-state index is 3.82. The van der Waals surface area contributed by atoms with Crippen LogP contribution in [0.3, 0.4) is 0 Å². The summed E-state index contributed by atoms with van der Waals surface area (Å²) in [6, 6.07) is 13.6. The van der Waals surface area contributed by atoms with Gasteiger partial charge < -0.3 is 10.6 Å². The largest absolute Gasteiger partial charge is 0.387 e. The van der Waals surface area contributed by atoms with E-state index >= 15 is 0 Å². The van der Waals surface area contributed by atoms with E-state index in [2.05, 4.69) is 67.0 Å². The van der Waals surface area contributed by atoms with E-state index in [-0.39, 0.29) is 6.04 Å². The van der Waals surface area contributed by atoms with E-state index < -0.39 is 0 Å². The molecular formula is C23H32N2. The predicted octanol–water partition coefficient (Wildman–Crippen LogP) is 5.80. The molecule has 0 amide bonds. The third-order valence-corrected chi connectivity index (χ3v) is 5.14. The van der Waals surface area contributed by atoms with Crippen LogP contribution in [-0.2, 0) is 0 Å². The van der Waals surface area contributed by atoms with Gasteiger partial charge in [-0.3, -0.25) is 0 Å². The Kier molecular flexibility index (Phi) is 6.52. The van der Waals surface area contributed by atoms with Crippen molar-refractivity contribution in [3.05, 3.63) is 53.2 Å². The Labute approximate surface area is 152 Å². The molecule has 2 heteroatoms. The van der Waals surface area contributed by atoms with E-state index in [1.807, 2.05) is 0 Å². The number of unbranched alkanes of at least 4 members (excludes halogenated alkanes) is 4. The smallest absolute Gasteiger partial charge is 0.0732 e. The third kappa shape index (κ3) is 4.24. The van der Waals surface area contributed by atoms with Gasteiger partial charge in [0, 0.05) is 12.2 Å². The molecular weight excluding hydrogens is 304 g/mol. The lowest BCUT2D eigenvalue weighted by Crippen LogP contribution is -2.32. The van der Waals surface area contributed by atoms with Gasteiger partial charge in [-0.1, -0.05) is 75.9 Å². The van der Waals surface area contributed by atoms with E-state index in [9.17, 15) is 0 Å². The van der Waals surface area contributed by atoms with E-state index in [0.29, 0.717) is 0 Å². The summed E-state index contributed by atoms with van der Waals surface area (Å²) in [5.74, 6) is 0. The van der Waals surface area contributed by atoms with E-state index in [0.717, 1.165) is 13.1 Å². The third-order valence-electron chi connectivity index (χ3n) is 5.14. The molecule has 1 atom stereocenters. The first-order valence-electron chi connectivity index (χ1n) is 10.1. The number of benzene rings is 2. The lowest BCUT2D eigenvalue weighted by atomic mass is 9.88. The zero-order valence-electron chi connectivity index (χ0n) is 15.8. The van der Waals surface area contributed by atoms with Gasteiger partial charge in [0.1, 0.15) is 0 Å². The second-order valence-electron chi connectivity index (χ2n) is 7.12. The minimum absolute atomic E-state index is 0.289. The molecule has 0 bridgehead atoms. The molecule has 0 fully saturated rings. The minimum atomic E-state index is 0.289. The second kappa shape index (κ2) is 9.05. The molecule has 134 valence electrons. The van der Waals surface area contributed by atoms with Crippen molar-refractivity contribution in [2.24, 2.45) is 0 Å². The summed E-state index contributed by atoms with van der Waals surface area (Å²) in [4.78, 5) is 0. The average molecular weight is 337 g/mol. The van der Waals surface area contributed by atoms with E-state index in [4.69, 9.17) is 0 Å². The van der Waals surface area contributed by atoms with Crippen molar-refractivity contribution in [3.8, 4) is 0 Å². The highest BCUT2D eigenvalue weighted by Gasteiger charge is 2.23. The summed E-state index contributed by atoms with van der Waals surface area (Å²) in [6.07, 6.45) is 9.96. The van der Waals surface area contributed by atoms with Crippen molar-refractivity contribution in [1.29, 1.82) is 0 Å². The van der Waals surface area contributed by atoms with Crippen LogP contribution in [0, 0.1) is 0 Å². The van der Waals surface area contributed by atoms with Crippen molar-refractivity contribution >= 4 is 16.8 Å². The molecule has 2 aromatic carbocycles. The van der Waals surface area contributed by atoms with Crippen LogP contribution in [0.4, 0.5) is 0 Å². The van der Waals surface area contributed by atoms with Crippen LogP contribution < -0.4 is 10.6 Å². The molecule has 0 heterocycles. The Balaban J connectivity index is 1.85. The van der Waals surface area contributed by atoms with Crippen molar-refractivity contribution in [3.63, 3.8) is 0 Å². The average Bonchev–Trinajstić information content (AvgIpc) is 2.64. The van der Waals surface area contributed by atoms with Gasteiger partial charge in [-0.05, 0) is 47.4 Å².